The van der Waals surface area contributed by atoms with Gasteiger partial charge in [-0.1, -0.05) is 6.07 Å². The quantitative estimate of drug-likeness (QED) is 0.818. The summed E-state index contributed by atoms with van der Waals surface area (Å²) in [7, 11) is -2.85. The van der Waals surface area contributed by atoms with Crippen LogP contribution in [0.25, 0.3) is 0 Å². The van der Waals surface area contributed by atoms with Crippen molar-refractivity contribution in [3.05, 3.63) is 30.1 Å². The number of nitrogens with two attached hydrogens (primary N) is 1. The summed E-state index contributed by atoms with van der Waals surface area (Å²) >= 11 is 0. The Labute approximate surface area is 95.8 Å². The first kappa shape index (κ1) is 11.5. The summed E-state index contributed by atoms with van der Waals surface area (Å²) in [6.45, 7) is 0. The predicted molar refractivity (Wildman–Crippen MR) is 62.7 cm³/mol. The molecule has 0 aromatic carbocycles. The lowest BCUT2D eigenvalue weighted by Crippen LogP contribution is -2.48. The Bertz CT molecular complexity index is 442. The van der Waals surface area contributed by atoms with Crippen LogP contribution in [0.2, 0.25) is 0 Å². The van der Waals surface area contributed by atoms with Crippen LogP contribution < -0.4 is 5.73 Å². The van der Waals surface area contributed by atoms with Crippen molar-refractivity contribution in [2.45, 2.75) is 24.8 Å². The Morgan fingerprint density at radius 2 is 2.00 bits per heavy atom. The molecule has 0 atom stereocenters. The second kappa shape index (κ2) is 4.14. The molecule has 1 aliphatic heterocycles. The van der Waals surface area contributed by atoms with Gasteiger partial charge in [0.25, 0.3) is 0 Å². The molecule has 1 aromatic heterocycles. The van der Waals surface area contributed by atoms with Crippen molar-refractivity contribution < 1.29 is 8.42 Å². The molecule has 1 fully saturated rings. The number of pyridine rings is 1. The van der Waals surface area contributed by atoms with Crippen LogP contribution in [0.15, 0.2) is 24.4 Å². The van der Waals surface area contributed by atoms with E-state index in [1.54, 1.807) is 6.20 Å². The third kappa shape index (κ3) is 2.80. The van der Waals surface area contributed by atoms with E-state index >= 15 is 0 Å². The van der Waals surface area contributed by atoms with Gasteiger partial charge in [-0.25, -0.2) is 8.42 Å². The molecule has 0 unspecified atom stereocenters. The molecule has 0 aliphatic carbocycles. The Morgan fingerprint density at radius 3 is 2.56 bits per heavy atom. The largest absolute Gasteiger partial charge is 0.325 e. The summed E-state index contributed by atoms with van der Waals surface area (Å²) in [5.41, 5.74) is 6.74. The van der Waals surface area contributed by atoms with E-state index in [2.05, 4.69) is 4.98 Å². The van der Waals surface area contributed by atoms with Crippen molar-refractivity contribution in [3.8, 4) is 0 Å². The Morgan fingerprint density at radius 1 is 1.31 bits per heavy atom. The minimum Gasteiger partial charge on any atom is -0.325 e. The summed E-state index contributed by atoms with van der Waals surface area (Å²) in [5.74, 6) is 0.409. The SMILES string of the molecule is NC1(Cc2ccccn2)CCS(=O)(=O)CC1. The Hall–Kier alpha value is -0.940. The first-order valence-electron chi connectivity index (χ1n) is 5.38. The Kier molecular flexibility index (Phi) is 2.99. The molecule has 0 saturated carbocycles. The molecule has 2 heterocycles. The molecule has 2 rings (SSSR count). The highest BCUT2D eigenvalue weighted by Crippen LogP contribution is 2.24. The fourth-order valence-corrected chi connectivity index (χ4v) is 3.62. The number of hydrogen-bond acceptors (Lipinski definition) is 4. The van der Waals surface area contributed by atoms with E-state index in [0.717, 1.165) is 5.69 Å². The smallest absolute Gasteiger partial charge is 0.150 e. The van der Waals surface area contributed by atoms with Gasteiger partial charge in [0.2, 0.25) is 0 Å². The number of hydrogen-bond donors (Lipinski definition) is 1. The maximum atomic E-state index is 11.3. The van der Waals surface area contributed by atoms with E-state index in [4.69, 9.17) is 5.73 Å². The summed E-state index contributed by atoms with van der Waals surface area (Å²) in [5, 5.41) is 0. The lowest BCUT2D eigenvalue weighted by molar-refractivity contribution is 0.376. The fourth-order valence-electron chi connectivity index (χ4n) is 1.98. The third-order valence-electron chi connectivity index (χ3n) is 3.08. The van der Waals surface area contributed by atoms with Crippen LogP contribution in [0, 0.1) is 0 Å². The Balaban J connectivity index is 2.06. The molecule has 0 bridgehead atoms. The minimum absolute atomic E-state index is 0.205. The highest BCUT2D eigenvalue weighted by Gasteiger charge is 2.34. The molecule has 5 heteroatoms. The van der Waals surface area contributed by atoms with E-state index in [0.29, 0.717) is 19.3 Å². The van der Waals surface area contributed by atoms with Crippen LogP contribution >= 0.6 is 0 Å². The van der Waals surface area contributed by atoms with Gasteiger partial charge in [-0.3, -0.25) is 4.98 Å². The molecule has 0 radical (unpaired) electrons. The highest BCUT2D eigenvalue weighted by atomic mass is 32.2. The van der Waals surface area contributed by atoms with Gasteiger partial charge in [-0.05, 0) is 25.0 Å². The van der Waals surface area contributed by atoms with Gasteiger partial charge in [0.15, 0.2) is 0 Å². The van der Waals surface area contributed by atoms with Crippen LogP contribution in [-0.4, -0.2) is 30.4 Å². The molecule has 4 nitrogen and oxygen atoms in total. The summed E-state index contributed by atoms with van der Waals surface area (Å²) in [4.78, 5) is 4.22. The average Bonchev–Trinajstić information content (AvgIpc) is 2.25. The van der Waals surface area contributed by atoms with Crippen LogP contribution in [-0.2, 0) is 16.3 Å². The fraction of sp³-hybridized carbons (Fsp3) is 0.545. The lowest BCUT2D eigenvalue weighted by atomic mass is 9.88. The van der Waals surface area contributed by atoms with Gasteiger partial charge in [0.1, 0.15) is 9.84 Å². The van der Waals surface area contributed by atoms with E-state index < -0.39 is 15.4 Å². The number of aromatic nitrogens is 1. The summed E-state index contributed by atoms with van der Waals surface area (Å²) < 4.78 is 22.6. The van der Waals surface area contributed by atoms with Gasteiger partial charge in [0, 0.05) is 23.9 Å². The van der Waals surface area contributed by atoms with Gasteiger partial charge < -0.3 is 5.73 Å². The zero-order valence-corrected chi connectivity index (χ0v) is 9.91. The molecule has 16 heavy (non-hydrogen) atoms. The average molecular weight is 240 g/mol. The van der Waals surface area contributed by atoms with Crippen molar-refractivity contribution in [1.29, 1.82) is 0 Å². The van der Waals surface area contributed by atoms with Crippen LogP contribution in [0.4, 0.5) is 0 Å². The third-order valence-corrected chi connectivity index (χ3v) is 4.73. The monoisotopic (exact) mass is 240 g/mol. The number of sulfone groups is 1. The van der Waals surface area contributed by atoms with Crippen molar-refractivity contribution in [1.82, 2.24) is 4.98 Å². The molecule has 1 aliphatic rings. The molecule has 0 spiro atoms. The predicted octanol–water partition coefficient (Wildman–Crippen LogP) is 0.530. The molecule has 1 saturated heterocycles. The first-order valence-corrected chi connectivity index (χ1v) is 7.21. The van der Waals surface area contributed by atoms with Gasteiger partial charge in [-0.15, -0.1) is 0 Å². The summed E-state index contributed by atoms with van der Waals surface area (Å²) in [6, 6.07) is 5.71. The van der Waals surface area contributed by atoms with Crippen LogP contribution in [0.5, 0.6) is 0 Å². The normalized spacial score (nSPS) is 22.8. The van der Waals surface area contributed by atoms with Crippen molar-refractivity contribution >= 4 is 9.84 Å². The van der Waals surface area contributed by atoms with E-state index in [1.165, 1.54) is 0 Å². The van der Waals surface area contributed by atoms with Gasteiger partial charge in [0.05, 0.1) is 11.5 Å². The van der Waals surface area contributed by atoms with E-state index in [-0.39, 0.29) is 11.5 Å². The van der Waals surface area contributed by atoms with Crippen LogP contribution in [0.3, 0.4) is 0 Å². The van der Waals surface area contributed by atoms with Crippen LogP contribution in [0.1, 0.15) is 18.5 Å². The molecule has 1 aromatic rings. The molecular weight excluding hydrogens is 224 g/mol. The zero-order chi connectivity index (χ0) is 11.6. The molecule has 88 valence electrons. The maximum absolute atomic E-state index is 11.3. The second-order valence-corrected chi connectivity index (χ2v) is 6.82. The lowest BCUT2D eigenvalue weighted by Gasteiger charge is -2.32. The van der Waals surface area contributed by atoms with Crippen molar-refractivity contribution in [2.75, 3.05) is 11.5 Å². The topological polar surface area (TPSA) is 73.0 Å². The van der Waals surface area contributed by atoms with Crippen molar-refractivity contribution in [3.63, 3.8) is 0 Å². The number of nitrogens with zero attached hydrogens (tertiary/aromatic N) is 1. The minimum atomic E-state index is -2.85. The van der Waals surface area contributed by atoms with E-state index in [9.17, 15) is 8.42 Å². The standard InChI is InChI=1S/C11H16N2O2S/c12-11(4-7-16(14,15)8-5-11)9-10-3-1-2-6-13-10/h1-3,6H,4-5,7-9,12H2. The van der Waals surface area contributed by atoms with Crippen molar-refractivity contribution in [2.24, 2.45) is 5.73 Å². The summed E-state index contributed by atoms with van der Waals surface area (Å²) in [6.07, 6.45) is 3.46. The highest BCUT2D eigenvalue weighted by molar-refractivity contribution is 7.91. The van der Waals surface area contributed by atoms with Gasteiger partial charge in [-0.2, -0.15) is 0 Å². The molecular formula is C11H16N2O2S. The first-order chi connectivity index (χ1) is 7.49. The van der Waals surface area contributed by atoms with E-state index in [1.807, 2.05) is 18.2 Å². The number of rotatable bonds is 2. The molecule has 0 amide bonds. The second-order valence-electron chi connectivity index (χ2n) is 4.51. The zero-order valence-electron chi connectivity index (χ0n) is 9.09. The maximum Gasteiger partial charge on any atom is 0.150 e. The van der Waals surface area contributed by atoms with Gasteiger partial charge >= 0.3 is 0 Å². The molecule has 2 N–H and O–H groups in total.